The molecule has 0 saturated carbocycles. The van der Waals surface area contributed by atoms with Crippen molar-refractivity contribution < 1.29 is 4.92 Å². The number of aromatic nitrogens is 1. The van der Waals surface area contributed by atoms with E-state index in [1.807, 2.05) is 19.2 Å². The monoisotopic (exact) mass is 341 g/mol. The third-order valence-corrected chi connectivity index (χ3v) is 4.37. The average molecular weight is 342 g/mol. The lowest BCUT2D eigenvalue weighted by molar-refractivity contribution is -0.385. The maximum Gasteiger partial charge on any atom is 0.283 e. The van der Waals surface area contributed by atoms with Gasteiger partial charge in [0.1, 0.15) is 0 Å². The van der Waals surface area contributed by atoms with Crippen molar-refractivity contribution in [1.29, 1.82) is 0 Å². The predicted octanol–water partition coefficient (Wildman–Crippen LogP) is 3.41. The highest BCUT2D eigenvalue weighted by atomic mass is 79.9. The van der Waals surface area contributed by atoms with E-state index >= 15 is 0 Å². The maximum atomic E-state index is 10.8. The van der Waals surface area contributed by atoms with Crippen molar-refractivity contribution in [2.75, 3.05) is 0 Å². The molecule has 1 aromatic carbocycles. The van der Waals surface area contributed by atoms with Crippen LogP contribution in [0, 0.1) is 17.0 Å². The normalized spacial score (nSPS) is 10.6. The summed E-state index contributed by atoms with van der Waals surface area (Å²) in [5.74, 6) is 0. The Hall–Kier alpha value is -1.31. The maximum absolute atomic E-state index is 10.8. The Balaban J connectivity index is 2.00. The van der Waals surface area contributed by atoms with Gasteiger partial charge in [-0.05, 0) is 28.4 Å². The molecule has 5 nitrogen and oxygen atoms in total. The van der Waals surface area contributed by atoms with Gasteiger partial charge in [-0.25, -0.2) is 4.98 Å². The Kier molecular flexibility index (Phi) is 4.62. The summed E-state index contributed by atoms with van der Waals surface area (Å²) in [6.45, 7) is 3.24. The first-order chi connectivity index (χ1) is 9.08. The lowest BCUT2D eigenvalue weighted by Gasteiger charge is -2.06. The highest BCUT2D eigenvalue weighted by molar-refractivity contribution is 9.10. The number of nitro benzene ring substituents is 1. The van der Waals surface area contributed by atoms with Crippen LogP contribution in [0.15, 0.2) is 28.9 Å². The molecular weight excluding hydrogens is 330 g/mol. The Morgan fingerprint density at radius 2 is 2.26 bits per heavy atom. The van der Waals surface area contributed by atoms with E-state index in [1.54, 1.807) is 17.4 Å². The molecule has 0 aliphatic heterocycles. The van der Waals surface area contributed by atoms with Crippen molar-refractivity contribution in [3.05, 3.63) is 54.4 Å². The van der Waals surface area contributed by atoms with E-state index in [0.29, 0.717) is 17.6 Å². The Bertz CT molecular complexity index is 600. The van der Waals surface area contributed by atoms with Gasteiger partial charge in [0.2, 0.25) is 0 Å². The van der Waals surface area contributed by atoms with E-state index in [2.05, 4.69) is 26.2 Å². The topological polar surface area (TPSA) is 68.1 Å². The standard InChI is InChI=1S/C12H12BrN3O2S/c1-8-15-7-10(19-8)6-14-5-9-3-2-4-11(12(9)13)16(17)18/h2-4,7,14H,5-6H2,1H3. The molecule has 1 aromatic heterocycles. The van der Waals surface area contributed by atoms with Crippen LogP contribution in [0.5, 0.6) is 0 Å². The van der Waals surface area contributed by atoms with Crippen molar-refractivity contribution in [3.8, 4) is 0 Å². The van der Waals surface area contributed by atoms with E-state index in [4.69, 9.17) is 0 Å². The van der Waals surface area contributed by atoms with Crippen molar-refractivity contribution >= 4 is 33.0 Å². The van der Waals surface area contributed by atoms with Gasteiger partial charge >= 0.3 is 0 Å². The Morgan fingerprint density at radius 1 is 1.47 bits per heavy atom. The first kappa shape index (κ1) is 14.1. The summed E-state index contributed by atoms with van der Waals surface area (Å²) < 4.78 is 0.535. The minimum Gasteiger partial charge on any atom is -0.308 e. The number of benzene rings is 1. The second-order valence-electron chi connectivity index (χ2n) is 3.96. The molecule has 0 bridgehead atoms. The zero-order valence-corrected chi connectivity index (χ0v) is 12.6. The summed E-state index contributed by atoms with van der Waals surface area (Å²) in [7, 11) is 0. The molecule has 0 aliphatic carbocycles. The zero-order valence-electron chi connectivity index (χ0n) is 10.2. The molecule has 0 amide bonds. The minimum absolute atomic E-state index is 0.0907. The number of aryl methyl sites for hydroxylation is 1. The van der Waals surface area contributed by atoms with E-state index in [-0.39, 0.29) is 10.6 Å². The van der Waals surface area contributed by atoms with E-state index in [1.165, 1.54) is 6.07 Å². The lowest BCUT2D eigenvalue weighted by atomic mass is 10.2. The molecule has 0 radical (unpaired) electrons. The molecule has 2 aromatic rings. The molecule has 100 valence electrons. The minimum atomic E-state index is -0.389. The molecule has 0 unspecified atom stereocenters. The van der Waals surface area contributed by atoms with Crippen LogP contribution in [-0.2, 0) is 13.1 Å². The van der Waals surface area contributed by atoms with Crippen LogP contribution in [0.3, 0.4) is 0 Å². The van der Waals surface area contributed by atoms with Crippen LogP contribution < -0.4 is 5.32 Å². The van der Waals surface area contributed by atoms with Gasteiger partial charge in [-0.1, -0.05) is 12.1 Å². The molecule has 0 aliphatic rings. The summed E-state index contributed by atoms with van der Waals surface area (Å²) in [5.41, 5.74) is 0.961. The number of hydrogen-bond donors (Lipinski definition) is 1. The quantitative estimate of drug-likeness (QED) is 0.668. The van der Waals surface area contributed by atoms with Crippen LogP contribution in [0.25, 0.3) is 0 Å². The summed E-state index contributed by atoms with van der Waals surface area (Å²) >= 11 is 4.92. The fraction of sp³-hybridized carbons (Fsp3) is 0.250. The average Bonchev–Trinajstić information content (AvgIpc) is 2.77. The number of rotatable bonds is 5. The van der Waals surface area contributed by atoms with Crippen molar-refractivity contribution in [2.45, 2.75) is 20.0 Å². The van der Waals surface area contributed by atoms with Crippen LogP contribution >= 0.6 is 27.3 Å². The molecule has 0 atom stereocenters. The van der Waals surface area contributed by atoms with Gasteiger partial charge in [0.25, 0.3) is 5.69 Å². The van der Waals surface area contributed by atoms with E-state index in [9.17, 15) is 10.1 Å². The number of hydrogen-bond acceptors (Lipinski definition) is 5. The SMILES string of the molecule is Cc1ncc(CNCc2cccc([N+](=O)[O-])c2Br)s1. The largest absolute Gasteiger partial charge is 0.308 e. The second kappa shape index (κ2) is 6.23. The number of nitrogens with zero attached hydrogens (tertiary/aromatic N) is 2. The number of thiazole rings is 1. The van der Waals surface area contributed by atoms with Crippen LogP contribution in [0.2, 0.25) is 0 Å². The van der Waals surface area contributed by atoms with Crippen LogP contribution in [0.4, 0.5) is 5.69 Å². The number of nitrogens with one attached hydrogen (secondary N) is 1. The summed E-state index contributed by atoms with van der Waals surface area (Å²) in [6.07, 6.45) is 1.84. The second-order valence-corrected chi connectivity index (χ2v) is 6.07. The first-order valence-corrected chi connectivity index (χ1v) is 7.22. The molecule has 2 rings (SSSR count). The summed E-state index contributed by atoms with van der Waals surface area (Å²) in [5, 5.41) is 15.1. The van der Waals surface area contributed by atoms with Crippen LogP contribution in [-0.4, -0.2) is 9.91 Å². The molecule has 0 spiro atoms. The van der Waals surface area contributed by atoms with Crippen molar-refractivity contribution in [1.82, 2.24) is 10.3 Å². The third kappa shape index (κ3) is 3.59. The zero-order chi connectivity index (χ0) is 13.8. The fourth-order valence-corrected chi connectivity index (χ4v) is 2.96. The lowest BCUT2D eigenvalue weighted by Crippen LogP contribution is -2.12. The van der Waals surface area contributed by atoms with Gasteiger partial charge in [-0.15, -0.1) is 11.3 Å². The summed E-state index contributed by atoms with van der Waals surface area (Å²) in [6, 6.07) is 5.04. The van der Waals surface area contributed by atoms with E-state index in [0.717, 1.165) is 15.4 Å². The fourth-order valence-electron chi connectivity index (χ4n) is 1.65. The Morgan fingerprint density at radius 3 is 2.89 bits per heavy atom. The van der Waals surface area contributed by atoms with Crippen molar-refractivity contribution in [2.24, 2.45) is 0 Å². The van der Waals surface area contributed by atoms with Gasteiger partial charge in [0, 0.05) is 30.2 Å². The molecule has 1 N–H and O–H groups in total. The predicted molar refractivity (Wildman–Crippen MR) is 78.2 cm³/mol. The highest BCUT2D eigenvalue weighted by Crippen LogP contribution is 2.28. The number of halogens is 1. The first-order valence-electron chi connectivity index (χ1n) is 5.61. The Labute approximate surface area is 123 Å². The molecule has 7 heteroatoms. The molecular formula is C12H12BrN3O2S. The molecule has 1 heterocycles. The molecule has 0 fully saturated rings. The van der Waals surface area contributed by atoms with E-state index < -0.39 is 0 Å². The molecule has 19 heavy (non-hydrogen) atoms. The highest BCUT2D eigenvalue weighted by Gasteiger charge is 2.14. The van der Waals surface area contributed by atoms with Gasteiger partial charge in [-0.3, -0.25) is 10.1 Å². The molecule has 0 saturated heterocycles. The summed E-state index contributed by atoms with van der Waals surface area (Å²) in [4.78, 5) is 15.8. The van der Waals surface area contributed by atoms with Crippen molar-refractivity contribution in [3.63, 3.8) is 0 Å². The van der Waals surface area contributed by atoms with Gasteiger partial charge in [-0.2, -0.15) is 0 Å². The van der Waals surface area contributed by atoms with Gasteiger partial charge in [0.05, 0.1) is 14.4 Å². The van der Waals surface area contributed by atoms with Gasteiger partial charge < -0.3 is 5.32 Å². The van der Waals surface area contributed by atoms with Crippen LogP contribution in [0.1, 0.15) is 15.4 Å². The van der Waals surface area contributed by atoms with Gasteiger partial charge in [0.15, 0.2) is 0 Å². The number of nitro groups is 1. The smallest absolute Gasteiger partial charge is 0.283 e. The third-order valence-electron chi connectivity index (χ3n) is 2.54.